The molecule has 114 valence electrons. The fourth-order valence-corrected chi connectivity index (χ4v) is 3.90. The Bertz CT molecular complexity index is 821. The Morgan fingerprint density at radius 1 is 1.09 bits per heavy atom. The van der Waals surface area contributed by atoms with Crippen LogP contribution in [0.25, 0.3) is 5.57 Å². The number of nitrogens with zero attached hydrogens (tertiary/aromatic N) is 1. The van der Waals surface area contributed by atoms with Gasteiger partial charge in [-0.25, -0.2) is 8.42 Å². The van der Waals surface area contributed by atoms with Crippen LogP contribution in [0.5, 0.6) is 0 Å². The summed E-state index contributed by atoms with van der Waals surface area (Å²) < 4.78 is 25.2. The van der Waals surface area contributed by atoms with E-state index in [2.05, 4.69) is 0 Å². The van der Waals surface area contributed by atoms with Crippen LogP contribution in [0, 0.1) is 5.92 Å². The molecule has 1 aliphatic heterocycles. The number of allylic oxidation sites excluding steroid dienone is 1. The Morgan fingerprint density at radius 3 is 2.32 bits per heavy atom. The summed E-state index contributed by atoms with van der Waals surface area (Å²) in [6.45, 7) is 1.54. The Hall–Kier alpha value is -2.21. The molecular weight excluding hydrogens is 302 g/mol. The summed E-state index contributed by atoms with van der Waals surface area (Å²) in [4.78, 5) is 24.4. The van der Waals surface area contributed by atoms with Crippen molar-refractivity contribution in [2.45, 2.75) is 13.0 Å². The Labute approximate surface area is 129 Å². The van der Waals surface area contributed by atoms with Crippen LogP contribution in [-0.2, 0) is 19.6 Å². The lowest BCUT2D eigenvalue weighted by Gasteiger charge is -2.28. The van der Waals surface area contributed by atoms with Crippen molar-refractivity contribution in [3.05, 3.63) is 53.7 Å². The average molecular weight is 317 g/mol. The molecule has 0 fully saturated rings. The van der Waals surface area contributed by atoms with Gasteiger partial charge < -0.3 is 0 Å². The largest absolute Gasteiger partial charge is 0.290 e. The summed E-state index contributed by atoms with van der Waals surface area (Å²) in [5, 5.41) is 0. The smallest absolute Gasteiger partial charge is 0.232 e. The normalized spacial score (nSPS) is 24.9. The lowest BCUT2D eigenvalue weighted by Crippen LogP contribution is -2.43. The highest BCUT2D eigenvalue weighted by molar-refractivity contribution is 7.88. The zero-order chi connectivity index (χ0) is 16.1. The molecule has 0 bridgehead atoms. The van der Waals surface area contributed by atoms with E-state index >= 15 is 0 Å². The number of hydrogen-bond donors (Lipinski definition) is 0. The van der Waals surface area contributed by atoms with Crippen molar-refractivity contribution in [3.63, 3.8) is 0 Å². The quantitative estimate of drug-likeness (QED) is 0.773. The van der Waals surface area contributed by atoms with Crippen molar-refractivity contribution in [1.82, 2.24) is 4.31 Å². The Morgan fingerprint density at radius 2 is 1.73 bits per heavy atom. The molecule has 0 saturated heterocycles. The lowest BCUT2D eigenvalue weighted by atomic mass is 9.79. The molecule has 6 heteroatoms. The molecule has 5 nitrogen and oxygen atoms in total. The maximum Gasteiger partial charge on any atom is 0.232 e. The van der Waals surface area contributed by atoms with Gasteiger partial charge in [0.25, 0.3) is 0 Å². The number of sulfonamides is 1. The van der Waals surface area contributed by atoms with Crippen LogP contribution in [0.1, 0.15) is 12.5 Å². The molecule has 0 saturated carbocycles. The van der Waals surface area contributed by atoms with E-state index in [4.69, 9.17) is 0 Å². The molecule has 0 radical (unpaired) electrons. The average Bonchev–Trinajstić information content (AvgIpc) is 2.85. The van der Waals surface area contributed by atoms with Gasteiger partial charge in [0.05, 0.1) is 18.2 Å². The maximum absolute atomic E-state index is 12.4. The SMILES string of the molecule is CC1=CC2C(C(=O)C1=O)C(c1ccccc1)=CN2S(C)(=O)=O. The number of ketones is 2. The Balaban J connectivity index is 2.19. The van der Waals surface area contributed by atoms with E-state index in [1.165, 1.54) is 17.4 Å². The molecule has 1 aromatic carbocycles. The summed E-state index contributed by atoms with van der Waals surface area (Å²) >= 11 is 0. The van der Waals surface area contributed by atoms with Gasteiger partial charge in [-0.15, -0.1) is 0 Å². The summed E-state index contributed by atoms with van der Waals surface area (Å²) in [5.41, 5.74) is 1.61. The van der Waals surface area contributed by atoms with Gasteiger partial charge in [-0.05, 0) is 23.6 Å². The second-order valence-electron chi connectivity index (χ2n) is 5.55. The third kappa shape index (κ3) is 2.20. The van der Waals surface area contributed by atoms with Crippen molar-refractivity contribution >= 4 is 27.2 Å². The van der Waals surface area contributed by atoms with Crippen LogP contribution in [0.3, 0.4) is 0 Å². The third-order valence-corrected chi connectivity index (χ3v) is 5.13. The molecular formula is C16H15NO4S. The van der Waals surface area contributed by atoms with Gasteiger partial charge in [0.2, 0.25) is 21.6 Å². The van der Waals surface area contributed by atoms with Gasteiger partial charge in [-0.2, -0.15) is 0 Å². The minimum absolute atomic E-state index is 0.294. The first-order valence-corrected chi connectivity index (χ1v) is 8.68. The van der Waals surface area contributed by atoms with Crippen LogP contribution in [0.4, 0.5) is 0 Å². The van der Waals surface area contributed by atoms with Crippen molar-refractivity contribution in [3.8, 4) is 0 Å². The van der Waals surface area contributed by atoms with E-state index in [1.807, 2.05) is 18.2 Å². The molecule has 1 aromatic rings. The van der Waals surface area contributed by atoms with Crippen molar-refractivity contribution in [2.75, 3.05) is 6.26 Å². The van der Waals surface area contributed by atoms with E-state index in [0.717, 1.165) is 11.8 Å². The van der Waals surface area contributed by atoms with E-state index in [1.54, 1.807) is 18.2 Å². The van der Waals surface area contributed by atoms with Crippen LogP contribution < -0.4 is 0 Å². The molecule has 2 aliphatic rings. The molecule has 2 unspecified atom stereocenters. The summed E-state index contributed by atoms with van der Waals surface area (Å²) in [6, 6.07) is 8.41. The highest BCUT2D eigenvalue weighted by Crippen LogP contribution is 2.41. The van der Waals surface area contributed by atoms with Gasteiger partial charge >= 0.3 is 0 Å². The fraction of sp³-hybridized carbons (Fsp3) is 0.250. The highest BCUT2D eigenvalue weighted by Gasteiger charge is 2.47. The first-order chi connectivity index (χ1) is 10.3. The third-order valence-electron chi connectivity index (χ3n) is 4.01. The minimum Gasteiger partial charge on any atom is -0.290 e. The maximum atomic E-state index is 12.4. The predicted molar refractivity (Wildman–Crippen MR) is 82.2 cm³/mol. The number of carbonyl (C=O) groups is 2. The van der Waals surface area contributed by atoms with E-state index in [-0.39, 0.29) is 0 Å². The molecule has 0 spiro atoms. The van der Waals surface area contributed by atoms with Crippen molar-refractivity contribution in [2.24, 2.45) is 5.92 Å². The van der Waals surface area contributed by atoms with Gasteiger partial charge in [-0.1, -0.05) is 36.4 Å². The highest BCUT2D eigenvalue weighted by atomic mass is 32.2. The predicted octanol–water partition coefficient (Wildman–Crippen LogP) is 1.39. The van der Waals surface area contributed by atoms with Crippen LogP contribution in [0.15, 0.2) is 48.2 Å². The second-order valence-corrected chi connectivity index (χ2v) is 7.44. The molecule has 22 heavy (non-hydrogen) atoms. The van der Waals surface area contributed by atoms with Crippen molar-refractivity contribution in [1.29, 1.82) is 0 Å². The molecule has 3 rings (SSSR count). The first-order valence-electron chi connectivity index (χ1n) is 6.83. The van der Waals surface area contributed by atoms with Crippen LogP contribution >= 0.6 is 0 Å². The number of Topliss-reactive ketones (excluding diaryl/α,β-unsaturated/α-hetero) is 2. The number of hydrogen-bond acceptors (Lipinski definition) is 4. The summed E-state index contributed by atoms with van der Waals surface area (Å²) in [7, 11) is -3.53. The van der Waals surface area contributed by atoms with Gasteiger partial charge in [0, 0.05) is 6.20 Å². The van der Waals surface area contributed by atoms with Gasteiger partial charge in [-0.3, -0.25) is 13.9 Å². The molecule has 1 aliphatic carbocycles. The topological polar surface area (TPSA) is 71.5 Å². The van der Waals surface area contributed by atoms with Crippen LogP contribution in [-0.4, -0.2) is 36.6 Å². The fourth-order valence-electron chi connectivity index (χ4n) is 2.97. The monoisotopic (exact) mass is 317 g/mol. The van der Waals surface area contributed by atoms with Crippen molar-refractivity contribution < 1.29 is 18.0 Å². The standard InChI is InChI=1S/C16H15NO4S/c1-10-8-13-14(16(19)15(10)18)12(9-17(13)22(2,20)21)11-6-4-3-5-7-11/h3-9,13-14H,1-2H3. The number of rotatable bonds is 2. The number of fused-ring (bicyclic) bond motifs is 1. The molecule has 0 N–H and O–H groups in total. The van der Waals surface area contributed by atoms with E-state index in [9.17, 15) is 18.0 Å². The number of carbonyl (C=O) groups excluding carboxylic acids is 2. The zero-order valence-electron chi connectivity index (χ0n) is 12.2. The first kappa shape index (κ1) is 14.7. The summed E-state index contributed by atoms with van der Waals surface area (Å²) in [5.74, 6) is -1.86. The molecule has 0 amide bonds. The zero-order valence-corrected chi connectivity index (χ0v) is 13.0. The van der Waals surface area contributed by atoms with E-state index in [0.29, 0.717) is 11.1 Å². The van der Waals surface area contributed by atoms with Gasteiger partial charge in [0.15, 0.2) is 0 Å². The van der Waals surface area contributed by atoms with E-state index < -0.39 is 33.5 Å². The summed E-state index contributed by atoms with van der Waals surface area (Å²) in [6.07, 6.45) is 4.14. The molecule has 1 heterocycles. The Kier molecular flexibility index (Phi) is 3.29. The minimum atomic E-state index is -3.53. The second kappa shape index (κ2) is 4.91. The number of benzene rings is 1. The van der Waals surface area contributed by atoms with Crippen LogP contribution in [0.2, 0.25) is 0 Å². The van der Waals surface area contributed by atoms with Gasteiger partial charge in [0.1, 0.15) is 0 Å². The molecule has 2 atom stereocenters. The molecule has 0 aromatic heterocycles. The lowest BCUT2D eigenvalue weighted by molar-refractivity contribution is -0.136.